The number of hydrogen-bond donors (Lipinski definition) is 2. The largest absolute Gasteiger partial charge is 0.508 e. The van der Waals surface area contributed by atoms with E-state index in [9.17, 15) is 13.5 Å². The van der Waals surface area contributed by atoms with E-state index >= 15 is 0 Å². The van der Waals surface area contributed by atoms with Crippen LogP contribution in [-0.2, 0) is 16.4 Å². The number of phenols is 1. The summed E-state index contributed by atoms with van der Waals surface area (Å²) in [6.45, 7) is 2.44. The molecule has 4 aromatic rings. The van der Waals surface area contributed by atoms with Gasteiger partial charge in [0.1, 0.15) is 5.75 Å². The lowest BCUT2D eigenvalue weighted by Gasteiger charge is -2.11. The predicted molar refractivity (Wildman–Crippen MR) is 112 cm³/mol. The molecule has 148 valence electrons. The number of imidazole rings is 1. The van der Waals surface area contributed by atoms with Crippen LogP contribution in [0.3, 0.4) is 0 Å². The summed E-state index contributed by atoms with van der Waals surface area (Å²) in [5.74, 6) is 0.845. The van der Waals surface area contributed by atoms with Crippen molar-refractivity contribution in [2.24, 2.45) is 0 Å². The van der Waals surface area contributed by atoms with Crippen molar-refractivity contribution in [2.45, 2.75) is 18.4 Å². The summed E-state index contributed by atoms with van der Waals surface area (Å²) >= 11 is 0. The van der Waals surface area contributed by atoms with E-state index in [1.165, 1.54) is 6.26 Å². The van der Waals surface area contributed by atoms with E-state index in [2.05, 4.69) is 15.3 Å². The highest BCUT2D eigenvalue weighted by molar-refractivity contribution is 7.90. The number of aromatic hydroxyl groups is 1. The van der Waals surface area contributed by atoms with Crippen molar-refractivity contribution in [3.05, 3.63) is 72.2 Å². The molecule has 0 aliphatic carbocycles. The fraction of sp³-hybridized carbons (Fsp3) is 0.143. The molecule has 0 aliphatic heterocycles. The molecule has 0 spiro atoms. The minimum Gasteiger partial charge on any atom is -0.508 e. The van der Waals surface area contributed by atoms with E-state index in [4.69, 9.17) is 0 Å². The number of benzene rings is 2. The first-order chi connectivity index (χ1) is 13.8. The van der Waals surface area contributed by atoms with Crippen molar-refractivity contribution in [2.75, 3.05) is 11.6 Å². The Morgan fingerprint density at radius 2 is 1.69 bits per heavy atom. The number of hydrogen-bond acceptors (Lipinski definition) is 6. The van der Waals surface area contributed by atoms with Crippen LogP contribution in [0, 0.1) is 6.92 Å². The standard InChI is InChI=1S/C21H20N4O3S/c1-14-11-22-20(23-12-15-3-9-18(10-4-15)29(2,27)28)21-24-13-19(25(14)21)16-5-7-17(26)8-6-16/h3-11,13,26H,12H2,1-2H3,(H,22,23). The lowest BCUT2D eigenvalue weighted by atomic mass is 10.1. The van der Waals surface area contributed by atoms with Gasteiger partial charge in [-0.05, 0) is 48.9 Å². The molecular weight excluding hydrogens is 388 g/mol. The van der Waals surface area contributed by atoms with Gasteiger partial charge < -0.3 is 10.4 Å². The fourth-order valence-electron chi connectivity index (χ4n) is 3.15. The minimum absolute atomic E-state index is 0.213. The summed E-state index contributed by atoms with van der Waals surface area (Å²) < 4.78 is 25.2. The van der Waals surface area contributed by atoms with Crippen LogP contribution >= 0.6 is 0 Å². The SMILES string of the molecule is Cc1cnc(NCc2ccc(S(C)(=O)=O)cc2)c2ncc(-c3ccc(O)cc3)n12. The van der Waals surface area contributed by atoms with Crippen molar-refractivity contribution >= 4 is 21.3 Å². The Bertz CT molecular complexity index is 1280. The Hall–Kier alpha value is -3.39. The molecule has 7 nitrogen and oxygen atoms in total. The molecule has 0 bridgehead atoms. The highest BCUT2D eigenvalue weighted by Crippen LogP contribution is 2.26. The summed E-state index contributed by atoms with van der Waals surface area (Å²) in [6.07, 6.45) is 4.74. The number of fused-ring (bicyclic) bond motifs is 1. The molecule has 2 N–H and O–H groups in total. The van der Waals surface area contributed by atoms with Gasteiger partial charge in [0.05, 0.1) is 16.8 Å². The number of sulfone groups is 1. The van der Waals surface area contributed by atoms with Crippen LogP contribution in [0.4, 0.5) is 5.82 Å². The lowest BCUT2D eigenvalue weighted by molar-refractivity contribution is 0.475. The number of nitrogens with zero attached hydrogens (tertiary/aromatic N) is 3. The maximum absolute atomic E-state index is 11.6. The number of nitrogens with one attached hydrogen (secondary N) is 1. The smallest absolute Gasteiger partial charge is 0.180 e. The maximum Gasteiger partial charge on any atom is 0.180 e. The van der Waals surface area contributed by atoms with Crippen LogP contribution < -0.4 is 5.32 Å². The molecule has 0 radical (unpaired) electrons. The van der Waals surface area contributed by atoms with E-state index in [1.54, 1.807) is 48.8 Å². The van der Waals surface area contributed by atoms with Crippen LogP contribution in [-0.4, -0.2) is 34.1 Å². The van der Waals surface area contributed by atoms with E-state index < -0.39 is 9.84 Å². The molecule has 8 heteroatoms. The van der Waals surface area contributed by atoms with Gasteiger partial charge in [-0.2, -0.15) is 0 Å². The normalized spacial score (nSPS) is 11.7. The molecule has 29 heavy (non-hydrogen) atoms. The van der Waals surface area contributed by atoms with Crippen molar-refractivity contribution in [3.8, 4) is 17.0 Å². The molecule has 2 aromatic carbocycles. The third-order valence-corrected chi connectivity index (χ3v) is 5.81. The van der Waals surface area contributed by atoms with Crippen molar-refractivity contribution in [1.82, 2.24) is 14.4 Å². The molecule has 0 atom stereocenters. The van der Waals surface area contributed by atoms with Crippen molar-refractivity contribution in [3.63, 3.8) is 0 Å². The second-order valence-electron chi connectivity index (χ2n) is 6.87. The molecule has 0 fully saturated rings. The average Bonchev–Trinajstić information content (AvgIpc) is 3.14. The number of phenolic OH excluding ortho intramolecular Hbond substituents is 1. The van der Waals surface area contributed by atoms with Gasteiger partial charge in [0, 0.05) is 30.3 Å². The van der Waals surface area contributed by atoms with Crippen LogP contribution in [0.15, 0.2) is 65.8 Å². The van der Waals surface area contributed by atoms with E-state index in [0.29, 0.717) is 22.9 Å². The third-order valence-electron chi connectivity index (χ3n) is 4.68. The Morgan fingerprint density at radius 3 is 2.34 bits per heavy atom. The zero-order valence-electron chi connectivity index (χ0n) is 16.0. The zero-order chi connectivity index (χ0) is 20.6. The first kappa shape index (κ1) is 18.9. The van der Waals surface area contributed by atoms with E-state index in [1.807, 2.05) is 23.5 Å². The highest BCUT2D eigenvalue weighted by Gasteiger charge is 2.13. The van der Waals surface area contributed by atoms with E-state index in [0.717, 1.165) is 22.5 Å². The van der Waals surface area contributed by atoms with Crippen molar-refractivity contribution < 1.29 is 13.5 Å². The Kier molecular flexibility index (Phi) is 4.71. The summed E-state index contributed by atoms with van der Waals surface area (Å²) in [5.41, 5.74) is 4.40. The zero-order valence-corrected chi connectivity index (χ0v) is 16.8. The minimum atomic E-state index is -3.21. The van der Waals surface area contributed by atoms with Gasteiger partial charge in [0.15, 0.2) is 21.3 Å². The van der Waals surface area contributed by atoms with Gasteiger partial charge >= 0.3 is 0 Å². The maximum atomic E-state index is 11.6. The molecule has 0 aliphatic rings. The third kappa shape index (κ3) is 3.79. The Morgan fingerprint density at radius 1 is 1.00 bits per heavy atom. The quantitative estimate of drug-likeness (QED) is 0.525. The molecular formula is C21H20N4O3S. The van der Waals surface area contributed by atoms with Crippen LogP contribution in [0.1, 0.15) is 11.3 Å². The van der Waals surface area contributed by atoms with Gasteiger partial charge in [-0.1, -0.05) is 12.1 Å². The second-order valence-corrected chi connectivity index (χ2v) is 8.88. The Balaban J connectivity index is 1.63. The predicted octanol–water partition coefficient (Wildman–Crippen LogP) is 3.43. The summed E-state index contributed by atoms with van der Waals surface area (Å²) in [4.78, 5) is 9.30. The first-order valence-electron chi connectivity index (χ1n) is 8.98. The molecule has 4 rings (SSSR count). The fourth-order valence-corrected chi connectivity index (χ4v) is 3.78. The number of rotatable bonds is 5. The number of aryl methyl sites for hydroxylation is 1. The van der Waals surface area contributed by atoms with Crippen LogP contribution in [0.5, 0.6) is 5.75 Å². The van der Waals surface area contributed by atoms with Gasteiger partial charge in [0.2, 0.25) is 0 Å². The number of anilines is 1. The van der Waals surface area contributed by atoms with E-state index in [-0.39, 0.29) is 5.75 Å². The highest BCUT2D eigenvalue weighted by atomic mass is 32.2. The molecule has 2 heterocycles. The second kappa shape index (κ2) is 7.21. The first-order valence-corrected chi connectivity index (χ1v) is 10.9. The molecule has 0 unspecified atom stereocenters. The molecule has 2 aromatic heterocycles. The summed E-state index contributed by atoms with van der Waals surface area (Å²) in [6, 6.07) is 13.7. The monoisotopic (exact) mass is 408 g/mol. The Labute approximate surface area is 168 Å². The van der Waals surface area contributed by atoms with Gasteiger partial charge in [0.25, 0.3) is 0 Å². The van der Waals surface area contributed by atoms with Gasteiger partial charge in [-0.25, -0.2) is 18.4 Å². The summed E-state index contributed by atoms with van der Waals surface area (Å²) in [7, 11) is -3.21. The van der Waals surface area contributed by atoms with Crippen LogP contribution in [0.2, 0.25) is 0 Å². The molecule has 0 saturated heterocycles. The lowest BCUT2D eigenvalue weighted by Crippen LogP contribution is -2.06. The van der Waals surface area contributed by atoms with Crippen molar-refractivity contribution in [1.29, 1.82) is 0 Å². The molecule has 0 saturated carbocycles. The average molecular weight is 408 g/mol. The number of aromatic nitrogens is 3. The molecule has 0 amide bonds. The van der Waals surface area contributed by atoms with Gasteiger partial charge in [-0.15, -0.1) is 0 Å². The van der Waals surface area contributed by atoms with Gasteiger partial charge in [-0.3, -0.25) is 4.40 Å². The topological polar surface area (TPSA) is 96.6 Å². The van der Waals surface area contributed by atoms with Crippen LogP contribution in [0.25, 0.3) is 16.9 Å². The summed E-state index contributed by atoms with van der Waals surface area (Å²) in [5, 5.41) is 12.8.